The summed E-state index contributed by atoms with van der Waals surface area (Å²) in [6.45, 7) is 1.67. The summed E-state index contributed by atoms with van der Waals surface area (Å²) in [6, 6.07) is 8.55. The fourth-order valence-corrected chi connectivity index (χ4v) is 3.11. The van der Waals surface area contributed by atoms with Gasteiger partial charge in [-0.3, -0.25) is 9.79 Å². The van der Waals surface area contributed by atoms with Gasteiger partial charge in [-0.25, -0.2) is 0 Å². The van der Waals surface area contributed by atoms with E-state index < -0.39 is 0 Å². The number of hydrogen-bond acceptors (Lipinski definition) is 3. The fourth-order valence-electron chi connectivity index (χ4n) is 2.71. The van der Waals surface area contributed by atoms with Crippen molar-refractivity contribution in [2.75, 3.05) is 27.2 Å². The maximum Gasteiger partial charge on any atom is 0.305 e. The molecule has 0 atom stereocenters. The Bertz CT molecular complexity index is 585. The van der Waals surface area contributed by atoms with E-state index in [-0.39, 0.29) is 11.4 Å². The second kappa shape index (κ2) is 9.06. The van der Waals surface area contributed by atoms with Crippen LogP contribution in [0.3, 0.4) is 0 Å². The second-order valence-electron chi connectivity index (χ2n) is 6.18. The number of nitrogens with zero attached hydrogens (tertiary/aromatic N) is 1. The van der Waals surface area contributed by atoms with Gasteiger partial charge < -0.3 is 15.4 Å². The maximum absolute atomic E-state index is 11.1. The van der Waals surface area contributed by atoms with Crippen LogP contribution in [0.25, 0.3) is 0 Å². The van der Waals surface area contributed by atoms with Crippen molar-refractivity contribution >= 4 is 27.9 Å². The third kappa shape index (κ3) is 5.51. The van der Waals surface area contributed by atoms with E-state index in [4.69, 9.17) is 0 Å². The van der Waals surface area contributed by atoms with Crippen molar-refractivity contribution in [3.8, 4) is 0 Å². The molecule has 0 saturated heterocycles. The number of nitrogens with one attached hydrogen (secondary N) is 2. The quantitative estimate of drug-likeness (QED) is 0.307. The van der Waals surface area contributed by atoms with Crippen LogP contribution in [-0.4, -0.2) is 39.2 Å². The maximum atomic E-state index is 11.1. The molecule has 0 heterocycles. The molecule has 0 aromatic heterocycles. The van der Waals surface area contributed by atoms with Crippen molar-refractivity contribution in [1.29, 1.82) is 0 Å². The number of carbonyl (C=O) groups is 1. The Morgan fingerprint density at radius 1 is 1.33 bits per heavy atom. The average Bonchev–Trinajstić information content (AvgIpc) is 3.38. The summed E-state index contributed by atoms with van der Waals surface area (Å²) in [7, 11) is 3.20. The molecule has 132 valence electrons. The van der Waals surface area contributed by atoms with Gasteiger partial charge in [-0.2, -0.15) is 0 Å². The van der Waals surface area contributed by atoms with E-state index in [1.54, 1.807) is 7.05 Å². The van der Waals surface area contributed by atoms with E-state index in [1.807, 2.05) is 0 Å². The van der Waals surface area contributed by atoms with Crippen LogP contribution in [-0.2, 0) is 14.9 Å². The monoisotopic (exact) mass is 395 g/mol. The van der Waals surface area contributed by atoms with Crippen LogP contribution in [0.4, 0.5) is 0 Å². The third-order valence-electron chi connectivity index (χ3n) is 4.44. The summed E-state index contributed by atoms with van der Waals surface area (Å²) in [5, 5.41) is 6.73. The van der Waals surface area contributed by atoms with E-state index in [0.29, 0.717) is 6.42 Å². The Labute approximate surface area is 152 Å². The summed E-state index contributed by atoms with van der Waals surface area (Å²) in [4.78, 5) is 15.3. The molecule has 1 aromatic rings. The molecule has 0 spiro atoms. The topological polar surface area (TPSA) is 62.7 Å². The van der Waals surface area contributed by atoms with Gasteiger partial charge in [0.15, 0.2) is 5.96 Å². The van der Waals surface area contributed by atoms with E-state index in [2.05, 4.69) is 60.6 Å². The number of rotatable bonds is 8. The van der Waals surface area contributed by atoms with Crippen LogP contribution < -0.4 is 10.6 Å². The Kier molecular flexibility index (Phi) is 7.09. The van der Waals surface area contributed by atoms with Crippen LogP contribution in [0.2, 0.25) is 0 Å². The predicted octanol–water partition coefficient (Wildman–Crippen LogP) is 2.99. The summed E-state index contributed by atoms with van der Waals surface area (Å²) < 4.78 is 5.76. The third-order valence-corrected chi connectivity index (χ3v) is 4.93. The molecule has 2 rings (SSSR count). The first-order valence-corrected chi connectivity index (χ1v) is 9.16. The molecule has 0 amide bonds. The minimum atomic E-state index is -0.151. The molecule has 6 heteroatoms. The zero-order chi connectivity index (χ0) is 17.4. The van der Waals surface area contributed by atoms with Gasteiger partial charge in [-0.1, -0.05) is 28.1 Å². The van der Waals surface area contributed by atoms with E-state index in [9.17, 15) is 4.79 Å². The summed E-state index contributed by atoms with van der Waals surface area (Å²) in [5.74, 6) is 0.663. The molecule has 2 N–H and O–H groups in total. The number of guanidine groups is 1. The average molecular weight is 396 g/mol. The molecule has 0 unspecified atom stereocenters. The number of hydrogen-bond donors (Lipinski definition) is 2. The first-order valence-electron chi connectivity index (χ1n) is 8.37. The Hall–Kier alpha value is -1.56. The van der Waals surface area contributed by atoms with Crippen LogP contribution in [0.5, 0.6) is 0 Å². The van der Waals surface area contributed by atoms with Gasteiger partial charge in [0.1, 0.15) is 0 Å². The highest BCUT2D eigenvalue weighted by Crippen LogP contribution is 2.48. The number of unbranched alkanes of at least 4 members (excludes halogenated alkanes) is 1. The molecular formula is C18H26BrN3O2. The highest BCUT2D eigenvalue weighted by atomic mass is 79.9. The van der Waals surface area contributed by atoms with Crippen molar-refractivity contribution in [2.24, 2.45) is 4.99 Å². The Balaban J connectivity index is 1.73. The minimum absolute atomic E-state index is 0.151. The van der Waals surface area contributed by atoms with Crippen LogP contribution >= 0.6 is 15.9 Å². The van der Waals surface area contributed by atoms with Crippen molar-refractivity contribution in [2.45, 2.75) is 37.5 Å². The lowest BCUT2D eigenvalue weighted by molar-refractivity contribution is -0.140. The van der Waals surface area contributed by atoms with Gasteiger partial charge in [0.25, 0.3) is 0 Å². The van der Waals surface area contributed by atoms with Crippen LogP contribution in [0, 0.1) is 0 Å². The van der Waals surface area contributed by atoms with Gasteiger partial charge in [0, 0.05) is 36.4 Å². The van der Waals surface area contributed by atoms with E-state index in [0.717, 1.165) is 36.4 Å². The predicted molar refractivity (Wildman–Crippen MR) is 100 cm³/mol. The molecule has 1 aliphatic rings. The largest absolute Gasteiger partial charge is 0.469 e. The zero-order valence-electron chi connectivity index (χ0n) is 14.4. The molecule has 0 bridgehead atoms. The van der Waals surface area contributed by atoms with Crippen molar-refractivity contribution < 1.29 is 9.53 Å². The minimum Gasteiger partial charge on any atom is -0.469 e. The fraction of sp³-hybridized carbons (Fsp3) is 0.556. The lowest BCUT2D eigenvalue weighted by Crippen LogP contribution is -2.41. The van der Waals surface area contributed by atoms with Gasteiger partial charge in [0.05, 0.1) is 7.11 Å². The van der Waals surface area contributed by atoms with Crippen molar-refractivity contribution in [3.63, 3.8) is 0 Å². The van der Waals surface area contributed by atoms with E-state index in [1.165, 1.54) is 25.5 Å². The highest BCUT2D eigenvalue weighted by molar-refractivity contribution is 9.10. The molecular weight excluding hydrogens is 370 g/mol. The SMILES string of the molecule is CN=C(NCCCCC(=O)OC)NCC1(c2cccc(Br)c2)CC1. The standard InChI is InChI=1S/C18H26BrN3O2/c1-20-17(21-11-4-3-8-16(23)24-2)22-13-18(9-10-18)14-6-5-7-15(19)12-14/h5-7,12H,3-4,8-11,13H2,1-2H3,(H2,20,21,22). The first kappa shape index (κ1) is 18.8. The molecule has 1 aliphatic carbocycles. The van der Waals surface area contributed by atoms with Crippen molar-refractivity contribution in [3.05, 3.63) is 34.3 Å². The summed E-state index contributed by atoms with van der Waals surface area (Å²) >= 11 is 3.55. The van der Waals surface area contributed by atoms with Crippen molar-refractivity contribution in [1.82, 2.24) is 10.6 Å². The molecule has 24 heavy (non-hydrogen) atoms. The number of aliphatic imine (C=N–C) groups is 1. The molecule has 0 aliphatic heterocycles. The Morgan fingerprint density at radius 3 is 2.75 bits per heavy atom. The normalized spacial score (nSPS) is 15.7. The summed E-state index contributed by atoms with van der Waals surface area (Å²) in [5.41, 5.74) is 1.60. The first-order chi connectivity index (χ1) is 11.6. The molecule has 1 saturated carbocycles. The van der Waals surface area contributed by atoms with E-state index >= 15 is 0 Å². The highest BCUT2D eigenvalue weighted by Gasteiger charge is 2.44. The smallest absolute Gasteiger partial charge is 0.305 e. The number of benzene rings is 1. The lowest BCUT2D eigenvalue weighted by atomic mass is 9.96. The number of carbonyl (C=O) groups excluding carboxylic acids is 1. The van der Waals surface area contributed by atoms with Gasteiger partial charge in [0.2, 0.25) is 0 Å². The van der Waals surface area contributed by atoms with Gasteiger partial charge in [-0.05, 0) is 43.4 Å². The molecule has 1 fully saturated rings. The summed E-state index contributed by atoms with van der Waals surface area (Å²) in [6.07, 6.45) is 4.60. The molecule has 5 nitrogen and oxygen atoms in total. The van der Waals surface area contributed by atoms with Crippen LogP contribution in [0.15, 0.2) is 33.7 Å². The molecule has 0 radical (unpaired) electrons. The number of methoxy groups -OCH3 is 1. The Morgan fingerprint density at radius 2 is 2.12 bits per heavy atom. The van der Waals surface area contributed by atoms with Gasteiger partial charge in [-0.15, -0.1) is 0 Å². The lowest BCUT2D eigenvalue weighted by Gasteiger charge is -2.19. The molecule has 1 aromatic carbocycles. The number of esters is 1. The number of ether oxygens (including phenoxy) is 1. The number of halogens is 1. The van der Waals surface area contributed by atoms with Gasteiger partial charge >= 0.3 is 5.97 Å². The zero-order valence-corrected chi connectivity index (χ0v) is 16.0. The van der Waals surface area contributed by atoms with Crippen LogP contribution in [0.1, 0.15) is 37.7 Å². The second-order valence-corrected chi connectivity index (χ2v) is 7.09.